The first-order valence-corrected chi connectivity index (χ1v) is 17.8. The Hall–Kier alpha value is -5.92. The number of aromatic nitrogens is 4. The standard InChI is InChI=1S/C44H43N7/c1-26(2)32-12-9-13-33(27(3)4)41(32)49-40-16-11-21-47-43(40)50(42-34(28(5)6)14-10-15-35(42)29(7)8)44(49)48-51-38-19-17-30(24-45)22-36(38)37-23-31(25-46)18-20-39(37)51/h9-23,26-29H,1-8H3/b48-44+. The van der Waals surface area contributed by atoms with E-state index in [0.29, 0.717) is 16.7 Å². The molecule has 0 N–H and O–H groups in total. The molecule has 4 aromatic carbocycles. The lowest BCUT2D eigenvalue weighted by molar-refractivity contribution is 0.737. The molecule has 0 unspecified atom stereocenters. The summed E-state index contributed by atoms with van der Waals surface area (Å²) in [4.78, 5) is 5.11. The summed E-state index contributed by atoms with van der Waals surface area (Å²) in [5.74, 6) is 0.949. The molecule has 0 fully saturated rings. The first-order chi connectivity index (χ1) is 24.5. The number of benzene rings is 4. The van der Waals surface area contributed by atoms with Crippen LogP contribution in [0.15, 0.2) is 96.2 Å². The molecule has 0 saturated heterocycles. The van der Waals surface area contributed by atoms with Gasteiger partial charge in [-0.1, -0.05) is 91.8 Å². The number of imidazole rings is 1. The van der Waals surface area contributed by atoms with Gasteiger partial charge < -0.3 is 0 Å². The summed E-state index contributed by atoms with van der Waals surface area (Å²) in [5.41, 5.74) is 12.4. The van der Waals surface area contributed by atoms with Gasteiger partial charge in [-0.25, -0.2) is 9.66 Å². The molecule has 3 heterocycles. The molecule has 7 aromatic rings. The Kier molecular flexibility index (Phi) is 8.61. The van der Waals surface area contributed by atoms with Gasteiger partial charge in [0.25, 0.3) is 0 Å². The van der Waals surface area contributed by atoms with E-state index in [0.717, 1.165) is 44.3 Å². The summed E-state index contributed by atoms with van der Waals surface area (Å²) >= 11 is 0. The smallest absolute Gasteiger partial charge is 0.239 e. The fourth-order valence-electron chi connectivity index (χ4n) is 7.43. The monoisotopic (exact) mass is 669 g/mol. The van der Waals surface area contributed by atoms with Gasteiger partial charge >= 0.3 is 0 Å². The molecular weight excluding hydrogens is 627 g/mol. The molecule has 0 bridgehead atoms. The number of rotatable bonds is 7. The van der Waals surface area contributed by atoms with Crippen molar-refractivity contribution in [2.24, 2.45) is 5.10 Å². The largest absolute Gasteiger partial charge is 0.275 e. The van der Waals surface area contributed by atoms with Gasteiger partial charge in [0.2, 0.25) is 5.62 Å². The highest BCUT2D eigenvalue weighted by Crippen LogP contribution is 2.37. The average molecular weight is 670 g/mol. The molecule has 7 heteroatoms. The normalized spacial score (nSPS) is 12.3. The Morgan fingerprint density at radius 3 is 1.43 bits per heavy atom. The minimum atomic E-state index is 0.234. The SMILES string of the molecule is CC(C)c1cccc(C(C)C)c1-n1/c(=N\n2c3ccc(C#N)cc3c3cc(C#N)ccc32)n(-c2c(C(C)C)cccc2C(C)C)c2ncccc21. The third-order valence-electron chi connectivity index (χ3n) is 9.94. The number of fused-ring (bicyclic) bond motifs is 4. The van der Waals surface area contributed by atoms with Crippen molar-refractivity contribution in [3.05, 3.63) is 130 Å². The number of para-hydroxylation sites is 2. The first kappa shape index (κ1) is 33.6. The summed E-state index contributed by atoms with van der Waals surface area (Å²) in [6, 6.07) is 33.4. The van der Waals surface area contributed by atoms with Gasteiger partial charge in [0.15, 0.2) is 5.65 Å². The van der Waals surface area contributed by atoms with Crippen LogP contribution in [0.25, 0.3) is 44.3 Å². The molecule has 51 heavy (non-hydrogen) atoms. The molecule has 0 aliphatic heterocycles. The van der Waals surface area contributed by atoms with Gasteiger partial charge in [-0.15, -0.1) is 5.10 Å². The number of hydrogen-bond donors (Lipinski definition) is 0. The molecule has 0 aliphatic carbocycles. The Bertz CT molecular complexity index is 2400. The van der Waals surface area contributed by atoms with E-state index in [9.17, 15) is 10.5 Å². The van der Waals surface area contributed by atoms with Crippen molar-refractivity contribution in [2.75, 3.05) is 0 Å². The maximum absolute atomic E-state index is 9.85. The van der Waals surface area contributed by atoms with E-state index in [1.807, 2.05) is 53.3 Å². The van der Waals surface area contributed by atoms with Crippen LogP contribution in [0.1, 0.15) is 112 Å². The Morgan fingerprint density at radius 1 is 0.549 bits per heavy atom. The molecule has 0 aliphatic rings. The molecule has 0 spiro atoms. The third kappa shape index (κ3) is 5.50. The van der Waals surface area contributed by atoms with Gasteiger partial charge in [0.1, 0.15) is 0 Å². The summed E-state index contributed by atoms with van der Waals surface area (Å²) in [6.07, 6.45) is 1.87. The highest BCUT2D eigenvalue weighted by molar-refractivity contribution is 6.08. The lowest BCUT2D eigenvalue weighted by atomic mass is 9.92. The minimum absolute atomic E-state index is 0.234. The van der Waals surface area contributed by atoms with E-state index < -0.39 is 0 Å². The van der Waals surface area contributed by atoms with Crippen LogP contribution in [-0.4, -0.2) is 18.8 Å². The van der Waals surface area contributed by atoms with E-state index in [1.54, 1.807) is 0 Å². The van der Waals surface area contributed by atoms with Crippen LogP contribution in [0.5, 0.6) is 0 Å². The Balaban J connectivity index is 1.80. The lowest BCUT2D eigenvalue weighted by Crippen LogP contribution is -2.29. The molecular formula is C44H43N7. The Morgan fingerprint density at radius 2 is 1.00 bits per heavy atom. The van der Waals surface area contributed by atoms with E-state index in [1.165, 1.54) is 22.3 Å². The van der Waals surface area contributed by atoms with Gasteiger partial charge in [0.05, 0.1) is 51.2 Å². The third-order valence-corrected chi connectivity index (χ3v) is 9.94. The Labute approximate surface area is 299 Å². The van der Waals surface area contributed by atoms with E-state index in [-0.39, 0.29) is 23.7 Å². The maximum atomic E-state index is 9.85. The molecule has 0 saturated carbocycles. The van der Waals surface area contributed by atoms with E-state index in [2.05, 4.69) is 119 Å². The summed E-state index contributed by atoms with van der Waals surface area (Å²) in [6.45, 7) is 17.9. The summed E-state index contributed by atoms with van der Waals surface area (Å²) < 4.78 is 6.57. The maximum Gasteiger partial charge on any atom is 0.239 e. The number of hydrogen-bond acceptors (Lipinski definition) is 4. The number of pyridine rings is 1. The predicted molar refractivity (Wildman–Crippen MR) is 207 cm³/mol. The topological polar surface area (TPSA) is 87.6 Å². The molecule has 254 valence electrons. The predicted octanol–water partition coefficient (Wildman–Crippen LogP) is 10.5. The lowest BCUT2D eigenvalue weighted by Gasteiger charge is -2.22. The second-order valence-electron chi connectivity index (χ2n) is 14.6. The molecule has 7 nitrogen and oxygen atoms in total. The first-order valence-electron chi connectivity index (χ1n) is 17.8. The number of nitrogens with zero attached hydrogens (tertiary/aromatic N) is 7. The van der Waals surface area contributed by atoms with Crippen molar-refractivity contribution in [3.63, 3.8) is 0 Å². The average Bonchev–Trinajstić information content (AvgIpc) is 3.61. The molecule has 7 rings (SSSR count). The van der Waals surface area contributed by atoms with Gasteiger partial charge in [0, 0.05) is 17.0 Å². The van der Waals surface area contributed by atoms with Gasteiger partial charge in [-0.3, -0.25) is 9.13 Å². The zero-order valence-electron chi connectivity index (χ0n) is 30.6. The second kappa shape index (κ2) is 13.1. The van der Waals surface area contributed by atoms with Crippen LogP contribution in [0, 0.1) is 22.7 Å². The van der Waals surface area contributed by atoms with Crippen molar-refractivity contribution in [2.45, 2.75) is 79.1 Å². The zero-order chi connectivity index (χ0) is 36.1. The van der Waals surface area contributed by atoms with Crippen molar-refractivity contribution >= 4 is 33.0 Å². The fourth-order valence-corrected chi connectivity index (χ4v) is 7.43. The van der Waals surface area contributed by atoms with E-state index >= 15 is 0 Å². The quantitative estimate of drug-likeness (QED) is 0.169. The second-order valence-corrected chi connectivity index (χ2v) is 14.6. The fraction of sp³-hybridized carbons (Fsp3) is 0.273. The zero-order valence-corrected chi connectivity index (χ0v) is 30.6. The van der Waals surface area contributed by atoms with Crippen LogP contribution in [0.4, 0.5) is 0 Å². The van der Waals surface area contributed by atoms with Crippen LogP contribution >= 0.6 is 0 Å². The minimum Gasteiger partial charge on any atom is -0.275 e. The van der Waals surface area contributed by atoms with E-state index in [4.69, 9.17) is 10.1 Å². The molecule has 0 atom stereocenters. The van der Waals surface area contributed by atoms with Crippen LogP contribution in [0.2, 0.25) is 0 Å². The highest BCUT2D eigenvalue weighted by atomic mass is 15.4. The van der Waals surface area contributed by atoms with Gasteiger partial charge in [-0.05, 0) is 94.5 Å². The summed E-state index contributed by atoms with van der Waals surface area (Å²) in [5, 5.41) is 27.1. The molecule has 3 aromatic heterocycles. The summed E-state index contributed by atoms with van der Waals surface area (Å²) in [7, 11) is 0. The van der Waals surface area contributed by atoms with Crippen LogP contribution in [0.3, 0.4) is 0 Å². The van der Waals surface area contributed by atoms with Crippen molar-refractivity contribution in [1.29, 1.82) is 10.5 Å². The van der Waals surface area contributed by atoms with Crippen molar-refractivity contribution in [1.82, 2.24) is 18.8 Å². The molecule has 0 radical (unpaired) electrons. The highest BCUT2D eigenvalue weighted by Gasteiger charge is 2.26. The van der Waals surface area contributed by atoms with Crippen LogP contribution < -0.4 is 5.62 Å². The van der Waals surface area contributed by atoms with Crippen molar-refractivity contribution < 1.29 is 0 Å². The molecule has 0 amide bonds. The van der Waals surface area contributed by atoms with Crippen LogP contribution in [-0.2, 0) is 0 Å². The van der Waals surface area contributed by atoms with Crippen molar-refractivity contribution in [3.8, 4) is 23.5 Å². The number of nitriles is 2. The van der Waals surface area contributed by atoms with Gasteiger partial charge in [-0.2, -0.15) is 10.5 Å².